The van der Waals surface area contributed by atoms with E-state index in [2.05, 4.69) is 114 Å². The van der Waals surface area contributed by atoms with E-state index in [1.54, 1.807) is 0 Å². The Hall–Kier alpha value is -3.37. The van der Waals surface area contributed by atoms with Crippen molar-refractivity contribution in [2.75, 3.05) is 20.6 Å². The smallest absolute Gasteiger partial charge is 0.268 e. The van der Waals surface area contributed by atoms with Gasteiger partial charge in [0.1, 0.15) is 5.69 Å². The van der Waals surface area contributed by atoms with E-state index in [1.165, 1.54) is 36.8 Å². The van der Waals surface area contributed by atoms with Crippen LogP contribution in [0.3, 0.4) is 0 Å². The summed E-state index contributed by atoms with van der Waals surface area (Å²) in [6, 6.07) is 30.1. The van der Waals surface area contributed by atoms with Gasteiger partial charge in [-0.25, -0.2) is 0 Å². The molecule has 37 heavy (non-hydrogen) atoms. The predicted molar refractivity (Wildman–Crippen MR) is 153 cm³/mol. The van der Waals surface area contributed by atoms with Crippen molar-refractivity contribution in [3.05, 3.63) is 107 Å². The minimum absolute atomic E-state index is 0.0391. The van der Waals surface area contributed by atoms with Crippen LogP contribution in [-0.2, 0) is 6.54 Å². The molecule has 192 valence electrons. The van der Waals surface area contributed by atoms with Crippen LogP contribution in [0.4, 0.5) is 0 Å². The van der Waals surface area contributed by atoms with Crippen LogP contribution in [0.2, 0.25) is 0 Å². The average molecular weight is 494 g/mol. The van der Waals surface area contributed by atoms with Crippen LogP contribution in [0.1, 0.15) is 71.6 Å². The van der Waals surface area contributed by atoms with Gasteiger partial charge in [-0.1, -0.05) is 105 Å². The van der Waals surface area contributed by atoms with E-state index >= 15 is 0 Å². The summed E-state index contributed by atoms with van der Waals surface area (Å²) in [7, 11) is 4.18. The number of likely N-dealkylation sites (N-methyl/N-ethyl adjacent to an activating group) is 1. The van der Waals surface area contributed by atoms with Crippen molar-refractivity contribution in [2.24, 2.45) is 0 Å². The van der Waals surface area contributed by atoms with E-state index in [9.17, 15) is 4.79 Å². The first kappa shape index (κ1) is 25.3. The minimum atomic E-state index is -0.0391. The van der Waals surface area contributed by atoms with Crippen LogP contribution in [0.5, 0.6) is 0 Å². The largest absolute Gasteiger partial charge is 0.348 e. The molecule has 0 saturated heterocycles. The second-order valence-electron chi connectivity index (χ2n) is 10.7. The molecule has 1 fully saturated rings. The molecule has 4 heteroatoms. The lowest BCUT2D eigenvalue weighted by Gasteiger charge is -2.23. The summed E-state index contributed by atoms with van der Waals surface area (Å²) in [4.78, 5) is 16.5. The minimum Gasteiger partial charge on any atom is -0.348 e. The quantitative estimate of drug-likeness (QED) is 0.273. The van der Waals surface area contributed by atoms with Crippen LogP contribution < -0.4 is 5.32 Å². The molecular formula is C33H39N3O. The zero-order valence-corrected chi connectivity index (χ0v) is 22.2. The summed E-state index contributed by atoms with van der Waals surface area (Å²) in [5, 5.41) is 4.65. The predicted octanol–water partition coefficient (Wildman–Crippen LogP) is 6.84. The molecule has 0 unspecified atom stereocenters. The van der Waals surface area contributed by atoms with Gasteiger partial charge >= 0.3 is 0 Å². The third-order valence-corrected chi connectivity index (χ3v) is 7.74. The molecule has 3 aromatic carbocycles. The van der Waals surface area contributed by atoms with E-state index in [-0.39, 0.29) is 17.9 Å². The molecule has 5 rings (SSSR count). The van der Waals surface area contributed by atoms with Crippen molar-refractivity contribution < 1.29 is 4.79 Å². The third-order valence-electron chi connectivity index (χ3n) is 7.74. The van der Waals surface area contributed by atoms with E-state index in [1.807, 2.05) is 0 Å². The lowest BCUT2D eigenvalue weighted by atomic mass is 9.83. The molecule has 1 heterocycles. The number of fused-ring (bicyclic) bond motifs is 1. The maximum atomic E-state index is 14.3. The maximum absolute atomic E-state index is 14.3. The zero-order valence-electron chi connectivity index (χ0n) is 22.2. The first-order valence-corrected chi connectivity index (χ1v) is 13.8. The van der Waals surface area contributed by atoms with Gasteiger partial charge in [0, 0.05) is 41.5 Å². The fourth-order valence-corrected chi connectivity index (χ4v) is 5.89. The summed E-state index contributed by atoms with van der Waals surface area (Å²) in [5.41, 5.74) is 5.45. The van der Waals surface area contributed by atoms with Crippen LogP contribution in [0, 0.1) is 0 Å². The molecular weight excluding hydrogens is 454 g/mol. The molecule has 1 aliphatic rings. The Kier molecular flexibility index (Phi) is 8.05. The highest BCUT2D eigenvalue weighted by Crippen LogP contribution is 2.40. The Labute approximate surface area is 221 Å². The molecule has 0 spiro atoms. The Morgan fingerprint density at radius 1 is 0.838 bits per heavy atom. The molecule has 0 bridgehead atoms. The second-order valence-corrected chi connectivity index (χ2v) is 10.7. The number of para-hydroxylation sites is 1. The highest BCUT2D eigenvalue weighted by atomic mass is 16.2. The van der Waals surface area contributed by atoms with Gasteiger partial charge in [-0.3, -0.25) is 4.79 Å². The van der Waals surface area contributed by atoms with Crippen molar-refractivity contribution >= 4 is 16.8 Å². The Balaban J connectivity index is 1.72. The molecule has 4 nitrogen and oxygen atoms in total. The van der Waals surface area contributed by atoms with Gasteiger partial charge in [-0.05, 0) is 44.1 Å². The first-order chi connectivity index (χ1) is 18.1. The SMILES string of the molecule is CN(C)CCn1c(C(=O)NC2CCCCCC2)c(C(c2ccccc2)c2ccccc2)c2ccccc21. The topological polar surface area (TPSA) is 37.3 Å². The number of carbonyl (C=O) groups is 1. The lowest BCUT2D eigenvalue weighted by molar-refractivity contribution is 0.0922. The highest BCUT2D eigenvalue weighted by molar-refractivity contribution is 6.03. The van der Waals surface area contributed by atoms with Gasteiger partial charge in [-0.2, -0.15) is 0 Å². The summed E-state index contributed by atoms with van der Waals surface area (Å²) in [6.45, 7) is 1.63. The lowest BCUT2D eigenvalue weighted by Crippen LogP contribution is -2.36. The molecule has 1 aromatic heterocycles. The second kappa shape index (κ2) is 11.8. The summed E-state index contributed by atoms with van der Waals surface area (Å²) >= 11 is 0. The number of aromatic nitrogens is 1. The van der Waals surface area contributed by atoms with Crippen LogP contribution in [-0.4, -0.2) is 42.1 Å². The number of hydrogen-bond donors (Lipinski definition) is 1. The molecule has 1 amide bonds. The van der Waals surface area contributed by atoms with Crippen molar-refractivity contribution in [1.29, 1.82) is 0 Å². The van der Waals surface area contributed by atoms with Crippen LogP contribution in [0.25, 0.3) is 10.9 Å². The number of amides is 1. The van der Waals surface area contributed by atoms with Crippen LogP contribution in [0.15, 0.2) is 84.9 Å². The number of carbonyl (C=O) groups excluding carboxylic acids is 1. The van der Waals surface area contributed by atoms with Crippen molar-refractivity contribution in [3.63, 3.8) is 0 Å². The Bertz CT molecular complexity index is 1260. The monoisotopic (exact) mass is 493 g/mol. The van der Waals surface area contributed by atoms with Gasteiger partial charge < -0.3 is 14.8 Å². The normalized spacial score (nSPS) is 14.8. The number of rotatable bonds is 8. The number of nitrogens with one attached hydrogen (secondary N) is 1. The van der Waals surface area contributed by atoms with Gasteiger partial charge in [0.2, 0.25) is 0 Å². The summed E-state index contributed by atoms with van der Waals surface area (Å²) < 4.78 is 2.27. The number of nitrogens with zero attached hydrogens (tertiary/aromatic N) is 2. The number of benzene rings is 3. The average Bonchev–Trinajstić information content (AvgIpc) is 3.04. The Morgan fingerprint density at radius 2 is 1.41 bits per heavy atom. The van der Waals surface area contributed by atoms with Crippen molar-refractivity contribution in [2.45, 2.75) is 57.0 Å². The van der Waals surface area contributed by atoms with E-state index in [4.69, 9.17) is 0 Å². The van der Waals surface area contributed by atoms with E-state index in [0.29, 0.717) is 0 Å². The Morgan fingerprint density at radius 3 is 2.00 bits per heavy atom. The van der Waals surface area contributed by atoms with Crippen molar-refractivity contribution in [1.82, 2.24) is 14.8 Å². The molecule has 0 radical (unpaired) electrons. The molecule has 0 atom stereocenters. The number of hydrogen-bond acceptors (Lipinski definition) is 2. The van der Waals surface area contributed by atoms with Gasteiger partial charge in [0.15, 0.2) is 0 Å². The molecule has 4 aromatic rings. The van der Waals surface area contributed by atoms with Gasteiger partial charge in [0.05, 0.1) is 0 Å². The molecule has 0 aliphatic heterocycles. The molecule has 1 aliphatic carbocycles. The fraction of sp³-hybridized carbons (Fsp3) is 0.364. The summed E-state index contributed by atoms with van der Waals surface area (Å²) in [6.07, 6.45) is 7.06. The van der Waals surface area contributed by atoms with Gasteiger partial charge in [-0.15, -0.1) is 0 Å². The van der Waals surface area contributed by atoms with E-state index in [0.717, 1.165) is 48.1 Å². The maximum Gasteiger partial charge on any atom is 0.268 e. The standard InChI is InChI=1S/C33H39N3O/c1-35(2)23-24-36-29-22-14-13-21-28(29)31(32(36)33(37)34-27-19-11-3-4-12-20-27)30(25-15-7-5-8-16-25)26-17-9-6-10-18-26/h5-10,13-18,21-22,27,30H,3-4,11-12,19-20,23-24H2,1-2H3,(H,34,37). The zero-order chi connectivity index (χ0) is 25.6. The third kappa shape index (κ3) is 5.65. The van der Waals surface area contributed by atoms with Gasteiger partial charge in [0.25, 0.3) is 5.91 Å². The fourth-order valence-electron chi connectivity index (χ4n) is 5.89. The molecule has 1 N–H and O–H groups in total. The molecule has 1 saturated carbocycles. The van der Waals surface area contributed by atoms with E-state index < -0.39 is 0 Å². The summed E-state index contributed by atoms with van der Waals surface area (Å²) in [5.74, 6) is 0.0245. The van der Waals surface area contributed by atoms with Crippen LogP contribution >= 0.6 is 0 Å². The highest BCUT2D eigenvalue weighted by Gasteiger charge is 2.31. The first-order valence-electron chi connectivity index (χ1n) is 13.8. The van der Waals surface area contributed by atoms with Crippen molar-refractivity contribution in [3.8, 4) is 0 Å².